The molecule has 1 aliphatic carbocycles. The van der Waals surface area contributed by atoms with Crippen molar-refractivity contribution >= 4 is 0 Å². The number of allylic oxidation sites excluding steroid dienone is 3. The van der Waals surface area contributed by atoms with E-state index in [0.29, 0.717) is 5.75 Å². The minimum atomic E-state index is 0.171. The van der Waals surface area contributed by atoms with E-state index in [4.69, 9.17) is 4.74 Å². The van der Waals surface area contributed by atoms with Gasteiger partial charge in [-0.3, -0.25) is 0 Å². The van der Waals surface area contributed by atoms with E-state index >= 15 is 0 Å². The van der Waals surface area contributed by atoms with Gasteiger partial charge < -0.3 is 9.84 Å². The third kappa shape index (κ3) is 2.35. The van der Waals surface area contributed by atoms with E-state index in [1.54, 1.807) is 0 Å². The molecule has 0 fully saturated rings. The molecule has 116 valence electrons. The van der Waals surface area contributed by atoms with Gasteiger partial charge in [0.1, 0.15) is 17.3 Å². The third-order valence-electron chi connectivity index (χ3n) is 4.96. The van der Waals surface area contributed by atoms with E-state index in [0.717, 1.165) is 41.0 Å². The van der Waals surface area contributed by atoms with Gasteiger partial charge in [-0.05, 0) is 43.0 Å². The molecule has 0 amide bonds. The predicted octanol–water partition coefficient (Wildman–Crippen LogP) is 5.41. The maximum atomic E-state index is 10.7. The molecule has 2 nitrogen and oxygen atoms in total. The second-order valence-electron chi connectivity index (χ2n) is 6.53. The lowest BCUT2D eigenvalue weighted by Gasteiger charge is -2.37. The van der Waals surface area contributed by atoms with Crippen LogP contribution in [0.3, 0.4) is 0 Å². The van der Waals surface area contributed by atoms with Gasteiger partial charge in [-0.25, -0.2) is 0 Å². The Morgan fingerprint density at radius 3 is 2.70 bits per heavy atom. The highest BCUT2D eigenvalue weighted by atomic mass is 16.5. The zero-order chi connectivity index (χ0) is 16.0. The Hall–Kier alpha value is -2.48. The van der Waals surface area contributed by atoms with Crippen LogP contribution in [0.5, 0.6) is 11.5 Å². The summed E-state index contributed by atoms with van der Waals surface area (Å²) >= 11 is 0. The first-order chi connectivity index (χ1) is 11.1. The van der Waals surface area contributed by atoms with Crippen molar-refractivity contribution in [3.05, 3.63) is 72.0 Å². The fraction of sp³-hybridized carbons (Fsp3) is 0.238. The van der Waals surface area contributed by atoms with Crippen LogP contribution in [0.1, 0.15) is 31.2 Å². The molecule has 2 heteroatoms. The Morgan fingerprint density at radius 2 is 1.91 bits per heavy atom. The fourth-order valence-electron chi connectivity index (χ4n) is 3.76. The van der Waals surface area contributed by atoms with Crippen LogP contribution in [-0.2, 0) is 0 Å². The van der Waals surface area contributed by atoms with E-state index in [1.165, 1.54) is 5.57 Å². The molecule has 0 bridgehead atoms. The highest BCUT2D eigenvalue weighted by Crippen LogP contribution is 2.51. The van der Waals surface area contributed by atoms with Gasteiger partial charge in [-0.2, -0.15) is 0 Å². The third-order valence-corrected chi connectivity index (χ3v) is 4.96. The first-order valence-electron chi connectivity index (χ1n) is 8.10. The molecule has 2 aromatic rings. The number of benzene rings is 2. The van der Waals surface area contributed by atoms with Gasteiger partial charge in [0.05, 0.1) is 0 Å². The maximum Gasteiger partial charge on any atom is 0.135 e. The fourth-order valence-corrected chi connectivity index (χ4v) is 3.76. The minimum Gasteiger partial charge on any atom is -0.507 e. The van der Waals surface area contributed by atoms with Crippen LogP contribution in [-0.4, -0.2) is 5.11 Å². The topological polar surface area (TPSA) is 29.5 Å². The van der Waals surface area contributed by atoms with E-state index in [9.17, 15) is 5.11 Å². The Balaban J connectivity index is 1.86. The maximum absolute atomic E-state index is 10.7. The predicted molar refractivity (Wildman–Crippen MR) is 92.5 cm³/mol. The number of rotatable bonds is 1. The Kier molecular flexibility index (Phi) is 3.26. The molecule has 0 saturated carbocycles. The monoisotopic (exact) mass is 304 g/mol. The van der Waals surface area contributed by atoms with Gasteiger partial charge in [-0.15, -0.1) is 0 Å². The zero-order valence-corrected chi connectivity index (χ0v) is 13.3. The molecule has 0 unspecified atom stereocenters. The van der Waals surface area contributed by atoms with Gasteiger partial charge in [0, 0.05) is 17.4 Å². The molecule has 1 aliphatic heterocycles. The Morgan fingerprint density at radius 1 is 1.13 bits per heavy atom. The number of hydrogen-bond acceptors (Lipinski definition) is 2. The Bertz CT molecular complexity index is 802. The molecule has 4 rings (SSSR count). The molecular formula is C21H20O2. The summed E-state index contributed by atoms with van der Waals surface area (Å²) in [5, 5.41) is 10.7. The summed E-state index contributed by atoms with van der Waals surface area (Å²) in [6, 6.07) is 13.9. The van der Waals surface area contributed by atoms with Crippen LogP contribution in [0.25, 0.3) is 11.1 Å². The second kappa shape index (κ2) is 5.31. The van der Waals surface area contributed by atoms with Gasteiger partial charge >= 0.3 is 0 Å². The first kappa shape index (κ1) is 14.1. The standard InChI is InChI=1S/C21H20O2/c1-13-8-9-17-14(2)23-20-12-16(15-6-4-3-5-7-15)11-19(22)21(20)18(17)10-13/h3-7,10-12,17-18,22H,2,8-9H2,1H3/t17-,18+/m0/s1. The summed E-state index contributed by atoms with van der Waals surface area (Å²) < 4.78 is 6.00. The summed E-state index contributed by atoms with van der Waals surface area (Å²) in [5.41, 5.74) is 4.31. The van der Waals surface area contributed by atoms with Crippen molar-refractivity contribution in [2.75, 3.05) is 0 Å². The van der Waals surface area contributed by atoms with Crippen molar-refractivity contribution in [1.82, 2.24) is 0 Å². The largest absolute Gasteiger partial charge is 0.507 e. The quantitative estimate of drug-likeness (QED) is 0.714. The molecule has 0 radical (unpaired) electrons. The number of phenolic OH excluding ortho intramolecular Hbond substituents is 1. The lowest BCUT2D eigenvalue weighted by molar-refractivity contribution is 0.275. The highest BCUT2D eigenvalue weighted by molar-refractivity contribution is 5.70. The average molecular weight is 304 g/mol. The van der Waals surface area contributed by atoms with Crippen LogP contribution >= 0.6 is 0 Å². The Labute approximate surface area is 136 Å². The summed E-state index contributed by atoms with van der Waals surface area (Å²) in [4.78, 5) is 0. The molecule has 2 aromatic carbocycles. The van der Waals surface area contributed by atoms with Crippen molar-refractivity contribution in [2.45, 2.75) is 25.7 Å². The van der Waals surface area contributed by atoms with Crippen LogP contribution in [0.2, 0.25) is 0 Å². The van der Waals surface area contributed by atoms with E-state index in [2.05, 4.69) is 19.6 Å². The number of phenols is 1. The number of fused-ring (bicyclic) bond motifs is 3. The van der Waals surface area contributed by atoms with E-state index < -0.39 is 0 Å². The van der Waals surface area contributed by atoms with Crippen LogP contribution < -0.4 is 4.74 Å². The van der Waals surface area contributed by atoms with Crippen molar-refractivity contribution in [3.63, 3.8) is 0 Å². The molecule has 0 aromatic heterocycles. The van der Waals surface area contributed by atoms with Crippen molar-refractivity contribution < 1.29 is 9.84 Å². The molecule has 23 heavy (non-hydrogen) atoms. The lowest BCUT2D eigenvalue weighted by Crippen LogP contribution is -2.25. The smallest absolute Gasteiger partial charge is 0.135 e. The van der Waals surface area contributed by atoms with Crippen molar-refractivity contribution in [1.29, 1.82) is 0 Å². The van der Waals surface area contributed by atoms with E-state index in [1.807, 2.05) is 42.5 Å². The SMILES string of the molecule is C=C1Oc2cc(-c3ccccc3)cc(O)c2[C@@H]2C=C(C)CC[C@@H]12. The summed E-state index contributed by atoms with van der Waals surface area (Å²) in [7, 11) is 0. The van der Waals surface area contributed by atoms with Crippen molar-refractivity contribution in [2.24, 2.45) is 5.92 Å². The summed E-state index contributed by atoms with van der Waals surface area (Å²) in [6.07, 6.45) is 4.37. The average Bonchev–Trinajstić information content (AvgIpc) is 2.55. The molecule has 1 N–H and O–H groups in total. The van der Waals surface area contributed by atoms with Gasteiger partial charge in [-0.1, -0.05) is 48.6 Å². The first-order valence-corrected chi connectivity index (χ1v) is 8.10. The highest BCUT2D eigenvalue weighted by Gasteiger charge is 2.36. The normalized spacial score (nSPS) is 22.7. The molecular weight excluding hydrogens is 284 g/mol. The zero-order valence-electron chi connectivity index (χ0n) is 13.3. The summed E-state index contributed by atoms with van der Waals surface area (Å²) in [6.45, 7) is 6.28. The number of hydrogen-bond donors (Lipinski definition) is 1. The minimum absolute atomic E-state index is 0.171. The van der Waals surface area contributed by atoms with Crippen LogP contribution in [0.15, 0.2) is 66.5 Å². The van der Waals surface area contributed by atoms with Crippen LogP contribution in [0.4, 0.5) is 0 Å². The number of aromatic hydroxyl groups is 1. The number of ether oxygens (including phenoxy) is 1. The summed E-state index contributed by atoms with van der Waals surface area (Å²) in [5.74, 6) is 2.30. The molecule has 2 atom stereocenters. The lowest BCUT2D eigenvalue weighted by atomic mass is 9.74. The molecule has 0 spiro atoms. The molecule has 0 saturated heterocycles. The second-order valence-corrected chi connectivity index (χ2v) is 6.53. The van der Waals surface area contributed by atoms with Gasteiger partial charge in [0.15, 0.2) is 0 Å². The van der Waals surface area contributed by atoms with Crippen molar-refractivity contribution in [3.8, 4) is 22.6 Å². The van der Waals surface area contributed by atoms with Gasteiger partial charge in [0.25, 0.3) is 0 Å². The van der Waals surface area contributed by atoms with E-state index in [-0.39, 0.29) is 11.8 Å². The molecule has 2 aliphatic rings. The van der Waals surface area contributed by atoms with Gasteiger partial charge in [0.2, 0.25) is 0 Å². The molecule has 1 heterocycles. The van der Waals surface area contributed by atoms with Crippen LogP contribution in [0, 0.1) is 5.92 Å².